The van der Waals surface area contributed by atoms with Gasteiger partial charge in [0.05, 0.1) is 27.3 Å². The average molecular weight is 503 g/mol. The van der Waals surface area contributed by atoms with Crippen LogP contribution in [0.15, 0.2) is 77.7 Å². The smallest absolute Gasteiger partial charge is 0.282 e. The topological polar surface area (TPSA) is 80.2 Å². The van der Waals surface area contributed by atoms with Crippen LogP contribution in [0.4, 0.5) is 0 Å². The Kier molecular flexibility index (Phi) is 8.83. The Balaban J connectivity index is 1.74. The zero-order chi connectivity index (χ0) is 25.4. The van der Waals surface area contributed by atoms with E-state index < -0.39 is 10.1 Å². The van der Waals surface area contributed by atoms with Crippen LogP contribution in [0.5, 0.6) is 0 Å². The highest BCUT2D eigenvalue weighted by atomic mass is 32.2. The predicted molar refractivity (Wildman–Crippen MR) is 147 cm³/mol. The molecule has 6 heteroatoms. The lowest BCUT2D eigenvalue weighted by atomic mass is 10.0. The van der Waals surface area contributed by atoms with E-state index in [-0.39, 0.29) is 4.90 Å². The molecule has 0 aliphatic heterocycles. The minimum atomic E-state index is -4.39. The first kappa shape index (κ1) is 26.0. The molecule has 0 amide bonds. The fourth-order valence-electron chi connectivity index (χ4n) is 4.67. The van der Waals surface area contributed by atoms with Crippen LogP contribution in [-0.2, 0) is 16.5 Å². The first-order valence-electron chi connectivity index (χ1n) is 12.9. The Bertz CT molecular complexity index is 1390. The Morgan fingerprint density at radius 1 is 0.667 bits per heavy atom. The fraction of sp³-hybridized carbons (Fsp3) is 0.333. The van der Waals surface area contributed by atoms with Gasteiger partial charge in [-0.15, -0.1) is 0 Å². The molecule has 0 radical (unpaired) electrons. The van der Waals surface area contributed by atoms with Gasteiger partial charge in [-0.3, -0.25) is 4.55 Å². The van der Waals surface area contributed by atoms with Crippen molar-refractivity contribution in [3.05, 3.63) is 78.4 Å². The highest BCUT2D eigenvalue weighted by molar-refractivity contribution is 7.85. The molecule has 0 saturated carbocycles. The number of fused-ring (bicyclic) bond motifs is 1. The Morgan fingerprint density at radius 3 is 1.75 bits per heavy atom. The van der Waals surface area contributed by atoms with Gasteiger partial charge in [-0.05, 0) is 25.0 Å². The number of aromatic nitrogens is 2. The van der Waals surface area contributed by atoms with Crippen molar-refractivity contribution in [3.8, 4) is 22.5 Å². The third-order valence-electron chi connectivity index (χ3n) is 6.55. The molecular formula is C30H34N2O3S. The Hall–Kier alpha value is -3.09. The van der Waals surface area contributed by atoms with Crippen LogP contribution in [0, 0.1) is 0 Å². The van der Waals surface area contributed by atoms with Gasteiger partial charge < -0.3 is 0 Å². The van der Waals surface area contributed by atoms with E-state index in [0.717, 1.165) is 36.1 Å². The van der Waals surface area contributed by atoms with Crippen molar-refractivity contribution < 1.29 is 13.0 Å². The molecule has 0 atom stereocenters. The molecule has 0 aliphatic rings. The molecule has 3 aromatic carbocycles. The van der Waals surface area contributed by atoms with Crippen molar-refractivity contribution in [1.29, 1.82) is 0 Å². The Morgan fingerprint density at radius 2 is 1.19 bits per heavy atom. The minimum absolute atomic E-state index is 0.0706. The van der Waals surface area contributed by atoms with Crippen LogP contribution in [0.2, 0.25) is 0 Å². The summed E-state index contributed by atoms with van der Waals surface area (Å²) in [6.45, 7) is 2.21. The van der Waals surface area contributed by atoms with Crippen LogP contribution < -0.4 is 0 Å². The van der Waals surface area contributed by atoms with Gasteiger partial charge in [0, 0.05) is 16.7 Å². The van der Waals surface area contributed by atoms with Gasteiger partial charge in [-0.2, -0.15) is 8.42 Å². The highest BCUT2D eigenvalue weighted by Crippen LogP contribution is 2.34. The lowest BCUT2D eigenvalue weighted by Crippen LogP contribution is -2.07. The second kappa shape index (κ2) is 12.2. The summed E-state index contributed by atoms with van der Waals surface area (Å²) in [5, 5.41) is 0. The maximum absolute atomic E-state index is 12.3. The van der Waals surface area contributed by atoms with E-state index in [2.05, 4.69) is 6.92 Å². The van der Waals surface area contributed by atoms with E-state index >= 15 is 0 Å². The number of hydrogen-bond acceptors (Lipinski definition) is 4. The summed E-state index contributed by atoms with van der Waals surface area (Å²) in [7, 11) is -4.39. The summed E-state index contributed by atoms with van der Waals surface area (Å²) >= 11 is 0. The van der Waals surface area contributed by atoms with Crippen molar-refractivity contribution in [3.63, 3.8) is 0 Å². The van der Waals surface area contributed by atoms with Gasteiger partial charge in [0.15, 0.2) is 0 Å². The zero-order valence-corrected chi connectivity index (χ0v) is 21.7. The molecule has 0 spiro atoms. The zero-order valence-electron chi connectivity index (χ0n) is 20.9. The average Bonchev–Trinajstić information content (AvgIpc) is 2.89. The van der Waals surface area contributed by atoms with Gasteiger partial charge in [-0.25, -0.2) is 9.97 Å². The summed E-state index contributed by atoms with van der Waals surface area (Å²) in [5.41, 5.74) is 4.98. The van der Waals surface area contributed by atoms with E-state index in [9.17, 15) is 13.0 Å². The molecular weight excluding hydrogens is 468 g/mol. The van der Waals surface area contributed by atoms with Crippen LogP contribution in [0.25, 0.3) is 33.5 Å². The number of benzene rings is 3. The maximum atomic E-state index is 12.3. The molecule has 5 nitrogen and oxygen atoms in total. The molecule has 188 valence electrons. The highest BCUT2D eigenvalue weighted by Gasteiger charge is 2.21. The first-order chi connectivity index (χ1) is 17.5. The lowest BCUT2D eigenvalue weighted by molar-refractivity contribution is 0.481. The first-order valence-corrected chi connectivity index (χ1v) is 14.3. The number of hydrogen-bond donors (Lipinski definition) is 1. The molecule has 1 N–H and O–H groups in total. The van der Waals surface area contributed by atoms with Crippen molar-refractivity contribution >= 4 is 21.2 Å². The fourth-order valence-corrected chi connectivity index (χ4v) is 5.42. The number of unbranched alkanes of at least 4 members (excludes halogenated alkanes) is 7. The van der Waals surface area contributed by atoms with Gasteiger partial charge in [0.1, 0.15) is 0 Å². The normalized spacial score (nSPS) is 11.7. The summed E-state index contributed by atoms with van der Waals surface area (Å²) in [6, 6.07) is 22.8. The molecule has 0 aliphatic carbocycles. The standard InChI is InChI=1S/C30H34N2O3S/c1-2-3-4-5-6-7-8-15-20-25-27(36(33,34)35)22-21-26-30(25)32-29(24-18-13-10-14-19-24)28(31-26)23-16-11-9-12-17-23/h9-14,16-19,21-22H,2-8,15,20H2,1H3,(H,33,34,35). The van der Waals surface area contributed by atoms with E-state index in [1.54, 1.807) is 6.07 Å². The molecule has 4 rings (SSSR count). The number of rotatable bonds is 12. The van der Waals surface area contributed by atoms with Crippen molar-refractivity contribution in [2.24, 2.45) is 0 Å². The molecule has 1 aromatic heterocycles. The van der Waals surface area contributed by atoms with Gasteiger partial charge in [0.25, 0.3) is 10.1 Å². The van der Waals surface area contributed by atoms with E-state index in [1.807, 2.05) is 60.7 Å². The van der Waals surface area contributed by atoms with E-state index in [1.165, 1.54) is 38.2 Å². The predicted octanol–water partition coefficient (Wildman–Crippen LogP) is 7.89. The lowest BCUT2D eigenvalue weighted by Gasteiger charge is -2.15. The van der Waals surface area contributed by atoms with Gasteiger partial charge in [0.2, 0.25) is 0 Å². The van der Waals surface area contributed by atoms with Crippen LogP contribution >= 0.6 is 0 Å². The summed E-state index contributed by atoms with van der Waals surface area (Å²) in [5.74, 6) is 0. The molecule has 0 fully saturated rings. The third-order valence-corrected chi connectivity index (χ3v) is 7.49. The SMILES string of the molecule is CCCCCCCCCCc1c(S(=O)(=O)O)ccc2nc(-c3ccccc3)c(-c3ccccc3)nc12. The molecule has 0 saturated heterocycles. The van der Waals surface area contributed by atoms with Crippen molar-refractivity contribution in [2.45, 2.75) is 69.6 Å². The van der Waals surface area contributed by atoms with Gasteiger partial charge in [-0.1, -0.05) is 113 Å². The summed E-state index contributed by atoms with van der Waals surface area (Å²) in [4.78, 5) is 9.89. The Labute approximate surface area is 214 Å². The quantitative estimate of drug-likeness (QED) is 0.157. The van der Waals surface area contributed by atoms with Crippen LogP contribution in [0.1, 0.15) is 63.9 Å². The van der Waals surface area contributed by atoms with Crippen LogP contribution in [0.3, 0.4) is 0 Å². The molecule has 36 heavy (non-hydrogen) atoms. The van der Waals surface area contributed by atoms with Gasteiger partial charge >= 0.3 is 0 Å². The number of aryl methyl sites for hydroxylation is 1. The van der Waals surface area contributed by atoms with Crippen LogP contribution in [-0.4, -0.2) is 22.9 Å². The second-order valence-electron chi connectivity index (χ2n) is 9.26. The van der Waals surface area contributed by atoms with Crippen molar-refractivity contribution in [1.82, 2.24) is 9.97 Å². The molecule has 0 bridgehead atoms. The molecule has 4 aromatic rings. The molecule has 1 heterocycles. The van der Waals surface area contributed by atoms with Crippen molar-refractivity contribution in [2.75, 3.05) is 0 Å². The van der Waals surface area contributed by atoms with E-state index in [4.69, 9.17) is 9.97 Å². The van der Waals surface area contributed by atoms with E-state index in [0.29, 0.717) is 28.7 Å². The summed E-state index contributed by atoms with van der Waals surface area (Å²) < 4.78 is 34.6. The third kappa shape index (κ3) is 6.37. The monoisotopic (exact) mass is 502 g/mol. The number of nitrogens with zero attached hydrogens (tertiary/aromatic N) is 2. The maximum Gasteiger partial charge on any atom is 0.294 e. The summed E-state index contributed by atoms with van der Waals surface area (Å²) in [6.07, 6.45) is 9.70. The molecule has 0 unspecified atom stereocenters. The second-order valence-corrected chi connectivity index (χ2v) is 10.7. The minimum Gasteiger partial charge on any atom is -0.282 e. The largest absolute Gasteiger partial charge is 0.294 e.